The van der Waals surface area contributed by atoms with E-state index >= 15 is 0 Å². The number of benzene rings is 1. The first kappa shape index (κ1) is 21.2. The first-order valence-electron chi connectivity index (χ1n) is 9.27. The van der Waals surface area contributed by atoms with E-state index < -0.39 is 18.0 Å². The molecule has 2 rings (SSSR count). The van der Waals surface area contributed by atoms with Gasteiger partial charge in [-0.05, 0) is 38.5 Å². The van der Waals surface area contributed by atoms with E-state index in [9.17, 15) is 19.2 Å². The number of nitrogens with zero attached hydrogens (tertiary/aromatic N) is 2. The fourth-order valence-electron chi connectivity index (χ4n) is 2.78. The third kappa shape index (κ3) is 5.70. The average molecular weight is 391 g/mol. The lowest BCUT2D eigenvalue weighted by Gasteiger charge is -2.28. The molecule has 28 heavy (non-hydrogen) atoms. The van der Waals surface area contributed by atoms with Crippen molar-refractivity contribution < 1.29 is 28.7 Å². The lowest BCUT2D eigenvalue weighted by atomic mass is 10.2. The molecular formula is C19H25N3O6. The maximum absolute atomic E-state index is 12.6. The van der Waals surface area contributed by atoms with Crippen molar-refractivity contribution in [1.82, 2.24) is 10.0 Å². The topological polar surface area (TPSA) is 105 Å². The zero-order valence-electron chi connectivity index (χ0n) is 16.1. The molecule has 1 aromatic rings. The highest BCUT2D eigenvalue weighted by atomic mass is 16.5. The number of urea groups is 1. The number of rotatable bonds is 7. The number of hydrogen-bond acceptors (Lipinski definition) is 6. The maximum Gasteiger partial charge on any atom is 0.340 e. The first-order chi connectivity index (χ1) is 13.5. The second-order valence-electron chi connectivity index (χ2n) is 6.03. The van der Waals surface area contributed by atoms with E-state index in [1.807, 2.05) is 0 Å². The van der Waals surface area contributed by atoms with Crippen LogP contribution in [0, 0.1) is 0 Å². The molecule has 0 saturated carbocycles. The number of nitrogens with one attached hydrogen (secondary N) is 1. The van der Waals surface area contributed by atoms with Gasteiger partial charge < -0.3 is 14.8 Å². The van der Waals surface area contributed by atoms with E-state index in [2.05, 4.69) is 5.32 Å². The van der Waals surface area contributed by atoms with Gasteiger partial charge in [0.1, 0.15) is 0 Å². The Morgan fingerprint density at radius 3 is 2.43 bits per heavy atom. The second-order valence-corrected chi connectivity index (χ2v) is 6.03. The minimum Gasteiger partial charge on any atom is -0.466 e. The largest absolute Gasteiger partial charge is 0.466 e. The third-order valence-electron chi connectivity index (χ3n) is 4.03. The van der Waals surface area contributed by atoms with Gasteiger partial charge in [-0.3, -0.25) is 14.6 Å². The van der Waals surface area contributed by atoms with E-state index in [4.69, 9.17) is 9.47 Å². The average Bonchev–Trinajstić information content (AvgIpc) is 3.17. The van der Waals surface area contributed by atoms with Crippen molar-refractivity contribution in [3.05, 3.63) is 29.8 Å². The van der Waals surface area contributed by atoms with Crippen molar-refractivity contribution in [3.63, 3.8) is 0 Å². The van der Waals surface area contributed by atoms with Gasteiger partial charge in [0.05, 0.1) is 25.2 Å². The molecule has 0 spiro atoms. The number of ether oxygens (including phenoxy) is 2. The maximum atomic E-state index is 12.6. The van der Waals surface area contributed by atoms with Crippen molar-refractivity contribution in [2.75, 3.05) is 31.6 Å². The number of hydrogen-bond donors (Lipinski definition) is 1. The van der Waals surface area contributed by atoms with Crippen LogP contribution in [0.25, 0.3) is 0 Å². The van der Waals surface area contributed by atoms with E-state index in [1.54, 1.807) is 32.0 Å². The normalized spacial score (nSPS) is 13.2. The van der Waals surface area contributed by atoms with E-state index in [0.717, 1.165) is 0 Å². The quantitative estimate of drug-likeness (QED) is 0.715. The van der Waals surface area contributed by atoms with Crippen LogP contribution in [0.4, 0.5) is 10.5 Å². The summed E-state index contributed by atoms with van der Waals surface area (Å²) in [5.74, 6) is -1.24. The minimum atomic E-state index is -0.483. The Balaban J connectivity index is 1.97. The zero-order chi connectivity index (χ0) is 20.5. The van der Waals surface area contributed by atoms with Crippen LogP contribution in [0.5, 0.6) is 0 Å². The molecule has 0 aromatic heterocycles. The summed E-state index contributed by atoms with van der Waals surface area (Å²) in [5, 5.41) is 5.33. The van der Waals surface area contributed by atoms with E-state index in [1.165, 1.54) is 16.1 Å². The molecule has 1 aliphatic rings. The van der Waals surface area contributed by atoms with Gasteiger partial charge in [0, 0.05) is 25.2 Å². The number of carbonyl (C=O) groups is 4. The Hall–Kier alpha value is -3.10. The Morgan fingerprint density at radius 1 is 1.00 bits per heavy atom. The highest BCUT2D eigenvalue weighted by Gasteiger charge is 2.30. The van der Waals surface area contributed by atoms with E-state index in [-0.39, 0.29) is 32.0 Å². The molecule has 0 atom stereocenters. The molecule has 1 saturated heterocycles. The number of anilines is 1. The number of hydrazine groups is 1. The molecule has 1 aliphatic heterocycles. The molecule has 152 valence electrons. The third-order valence-corrected chi connectivity index (χ3v) is 4.03. The van der Waals surface area contributed by atoms with Crippen LogP contribution in [0.2, 0.25) is 0 Å². The molecular weight excluding hydrogens is 366 g/mol. The predicted octanol–water partition coefficient (Wildman–Crippen LogP) is 2.19. The summed E-state index contributed by atoms with van der Waals surface area (Å²) in [6, 6.07) is 5.90. The minimum absolute atomic E-state index is 0.0268. The molecule has 3 amide bonds. The standard InChI is InChI=1S/C19H25N3O6/c1-3-27-17(24)10-9-16(23)21-11-6-12-22(21)19(26)20-15-8-5-7-14(13-15)18(25)28-4-2/h5,7-8,13H,3-4,6,9-12H2,1-2H3,(H,20,26). The first-order valence-corrected chi connectivity index (χ1v) is 9.27. The van der Waals surface area contributed by atoms with Gasteiger partial charge in [-0.25, -0.2) is 14.6 Å². The Labute approximate surface area is 163 Å². The lowest BCUT2D eigenvalue weighted by Crippen LogP contribution is -2.46. The van der Waals surface area contributed by atoms with Crippen molar-refractivity contribution in [3.8, 4) is 0 Å². The molecule has 0 radical (unpaired) electrons. The fraction of sp³-hybridized carbons (Fsp3) is 0.474. The summed E-state index contributed by atoms with van der Waals surface area (Å²) in [6.45, 7) is 4.71. The van der Waals surface area contributed by atoms with Gasteiger partial charge in [-0.1, -0.05) is 6.07 Å². The lowest BCUT2D eigenvalue weighted by molar-refractivity contribution is -0.148. The van der Waals surface area contributed by atoms with Crippen LogP contribution < -0.4 is 5.32 Å². The Morgan fingerprint density at radius 2 is 1.71 bits per heavy atom. The second kappa shape index (κ2) is 10.3. The molecule has 1 aromatic carbocycles. The molecule has 1 heterocycles. The van der Waals surface area contributed by atoms with Crippen LogP contribution in [0.1, 0.15) is 43.5 Å². The molecule has 0 unspecified atom stereocenters. The van der Waals surface area contributed by atoms with Crippen LogP contribution in [0.15, 0.2) is 24.3 Å². The molecule has 1 N–H and O–H groups in total. The van der Waals surface area contributed by atoms with Gasteiger partial charge in [0.15, 0.2) is 0 Å². The van der Waals surface area contributed by atoms with Gasteiger partial charge in [-0.15, -0.1) is 0 Å². The van der Waals surface area contributed by atoms with E-state index in [0.29, 0.717) is 30.8 Å². The number of esters is 2. The van der Waals surface area contributed by atoms with Gasteiger partial charge in [-0.2, -0.15) is 0 Å². The summed E-state index contributed by atoms with van der Waals surface area (Å²) >= 11 is 0. The highest BCUT2D eigenvalue weighted by Crippen LogP contribution is 2.17. The predicted molar refractivity (Wildman–Crippen MR) is 100 cm³/mol. The summed E-state index contributed by atoms with van der Waals surface area (Å²) in [5.41, 5.74) is 0.741. The fourth-order valence-corrected chi connectivity index (χ4v) is 2.78. The smallest absolute Gasteiger partial charge is 0.340 e. The Kier molecular flexibility index (Phi) is 7.79. The molecule has 0 bridgehead atoms. The summed E-state index contributed by atoms with van der Waals surface area (Å²) < 4.78 is 9.76. The van der Waals surface area contributed by atoms with Gasteiger partial charge in [0.2, 0.25) is 5.91 Å². The molecule has 9 heteroatoms. The van der Waals surface area contributed by atoms with Crippen LogP contribution >= 0.6 is 0 Å². The van der Waals surface area contributed by atoms with Crippen LogP contribution in [-0.2, 0) is 19.1 Å². The van der Waals surface area contributed by atoms with Crippen molar-refractivity contribution in [2.24, 2.45) is 0 Å². The molecule has 0 aliphatic carbocycles. The van der Waals surface area contributed by atoms with Crippen molar-refractivity contribution in [2.45, 2.75) is 33.1 Å². The van der Waals surface area contributed by atoms with Gasteiger partial charge in [0.25, 0.3) is 0 Å². The van der Waals surface area contributed by atoms with Crippen molar-refractivity contribution in [1.29, 1.82) is 0 Å². The van der Waals surface area contributed by atoms with Crippen LogP contribution in [-0.4, -0.2) is 60.2 Å². The monoisotopic (exact) mass is 391 g/mol. The number of amides is 3. The summed E-state index contributed by atoms with van der Waals surface area (Å²) in [6.07, 6.45) is 0.586. The van der Waals surface area contributed by atoms with Gasteiger partial charge >= 0.3 is 18.0 Å². The molecule has 1 fully saturated rings. The highest BCUT2D eigenvalue weighted by molar-refractivity contribution is 5.94. The Bertz CT molecular complexity index is 736. The SMILES string of the molecule is CCOC(=O)CCC(=O)N1CCCN1C(=O)Nc1cccc(C(=O)OCC)c1. The zero-order valence-corrected chi connectivity index (χ0v) is 16.1. The number of carbonyl (C=O) groups excluding carboxylic acids is 4. The molecule has 9 nitrogen and oxygen atoms in total. The van der Waals surface area contributed by atoms with Crippen LogP contribution in [0.3, 0.4) is 0 Å². The summed E-state index contributed by atoms with van der Waals surface area (Å²) in [4.78, 5) is 48.2. The van der Waals surface area contributed by atoms with Crippen molar-refractivity contribution >= 4 is 29.6 Å². The summed E-state index contributed by atoms with van der Waals surface area (Å²) in [7, 11) is 0.